The first-order valence-corrected chi connectivity index (χ1v) is 6.49. The van der Waals surface area contributed by atoms with Crippen LogP contribution in [0.2, 0.25) is 0 Å². The van der Waals surface area contributed by atoms with Gasteiger partial charge in [0, 0.05) is 6.61 Å². The van der Waals surface area contributed by atoms with Gasteiger partial charge in [-0.15, -0.1) is 0 Å². The van der Waals surface area contributed by atoms with Crippen LogP contribution in [-0.4, -0.2) is 16.7 Å². The van der Waals surface area contributed by atoms with Gasteiger partial charge in [0.05, 0.1) is 0 Å². The Balaban J connectivity index is 2.17. The fourth-order valence-corrected chi connectivity index (χ4v) is 2.51. The van der Waals surface area contributed by atoms with Crippen molar-refractivity contribution in [2.45, 2.75) is 51.7 Å². The van der Waals surface area contributed by atoms with Crippen molar-refractivity contribution in [2.24, 2.45) is 11.8 Å². The molecule has 2 N–H and O–H groups in total. The Hall–Kier alpha value is -0.980. The lowest BCUT2D eigenvalue weighted by molar-refractivity contribution is -0.0847. The summed E-state index contributed by atoms with van der Waals surface area (Å²) < 4.78 is 11.0. The van der Waals surface area contributed by atoms with Gasteiger partial charge in [-0.2, -0.15) is 4.98 Å². The topological polar surface area (TPSA) is 83.4 Å². The van der Waals surface area contributed by atoms with Crippen molar-refractivity contribution in [3.05, 3.63) is 11.7 Å². The van der Waals surface area contributed by atoms with Gasteiger partial charge in [0.15, 0.2) is 0 Å². The molecular formula is C12H21N3O3. The van der Waals surface area contributed by atoms with Crippen LogP contribution in [0.1, 0.15) is 51.2 Å². The van der Waals surface area contributed by atoms with Gasteiger partial charge in [0.25, 0.3) is 5.89 Å². The van der Waals surface area contributed by atoms with Crippen LogP contribution in [0.25, 0.3) is 0 Å². The van der Waals surface area contributed by atoms with Crippen LogP contribution in [0.3, 0.4) is 0 Å². The number of ether oxygens (including phenoxy) is 1. The quantitative estimate of drug-likeness (QED) is 0.809. The van der Waals surface area contributed by atoms with Gasteiger partial charge in [-0.3, -0.25) is 4.84 Å². The number of rotatable bonds is 5. The lowest BCUT2D eigenvalue weighted by Gasteiger charge is -2.36. The minimum absolute atomic E-state index is 0.131. The molecule has 1 heterocycles. The third-order valence-electron chi connectivity index (χ3n) is 3.58. The predicted molar refractivity (Wildman–Crippen MR) is 64.2 cm³/mol. The second kappa shape index (κ2) is 5.77. The fourth-order valence-electron chi connectivity index (χ4n) is 2.51. The average Bonchev–Trinajstić information content (AvgIpc) is 2.82. The molecule has 18 heavy (non-hydrogen) atoms. The third-order valence-corrected chi connectivity index (χ3v) is 3.58. The molecule has 1 aliphatic rings. The summed E-state index contributed by atoms with van der Waals surface area (Å²) >= 11 is 0. The van der Waals surface area contributed by atoms with Gasteiger partial charge in [0.2, 0.25) is 5.82 Å². The highest BCUT2D eigenvalue weighted by Crippen LogP contribution is 2.41. The van der Waals surface area contributed by atoms with Crippen LogP contribution in [0.4, 0.5) is 0 Å². The lowest BCUT2D eigenvalue weighted by atomic mass is 9.79. The first-order chi connectivity index (χ1) is 8.70. The van der Waals surface area contributed by atoms with Crippen LogP contribution in [-0.2, 0) is 21.8 Å². The summed E-state index contributed by atoms with van der Waals surface area (Å²) in [7, 11) is 0. The van der Waals surface area contributed by atoms with Gasteiger partial charge in [-0.25, -0.2) is 5.90 Å². The molecule has 0 unspecified atom stereocenters. The second-order valence-corrected chi connectivity index (χ2v) is 4.93. The van der Waals surface area contributed by atoms with E-state index in [1.165, 1.54) is 0 Å². The standard InChI is InChI=1S/C12H21N3O3/c1-3-16-12(6-4-9(2)5-7-12)11-14-10(8-17-13)18-15-11/h9H,3-8,13H2,1-2H3. The largest absolute Gasteiger partial charge is 0.367 e. The summed E-state index contributed by atoms with van der Waals surface area (Å²) in [6.07, 6.45) is 4.11. The molecule has 1 aromatic heterocycles. The Kier molecular flexibility index (Phi) is 4.31. The SMILES string of the molecule is CCOC1(c2noc(CON)n2)CCC(C)CC1. The minimum Gasteiger partial charge on any atom is -0.367 e. The first-order valence-electron chi connectivity index (χ1n) is 6.49. The molecule has 0 aliphatic heterocycles. The van der Waals surface area contributed by atoms with Crippen molar-refractivity contribution in [3.63, 3.8) is 0 Å². The molecule has 0 atom stereocenters. The number of aromatic nitrogens is 2. The van der Waals surface area contributed by atoms with Crippen molar-refractivity contribution in [3.8, 4) is 0 Å². The lowest BCUT2D eigenvalue weighted by Crippen LogP contribution is -2.35. The number of hydrogen-bond acceptors (Lipinski definition) is 6. The highest BCUT2D eigenvalue weighted by molar-refractivity contribution is 5.03. The zero-order valence-corrected chi connectivity index (χ0v) is 11.0. The molecule has 1 aliphatic carbocycles. The van der Waals surface area contributed by atoms with Gasteiger partial charge < -0.3 is 9.26 Å². The summed E-state index contributed by atoms with van der Waals surface area (Å²) in [4.78, 5) is 8.83. The second-order valence-electron chi connectivity index (χ2n) is 4.93. The smallest absolute Gasteiger partial charge is 0.254 e. The van der Waals surface area contributed by atoms with Gasteiger partial charge in [-0.05, 0) is 38.5 Å². The van der Waals surface area contributed by atoms with Crippen molar-refractivity contribution >= 4 is 0 Å². The van der Waals surface area contributed by atoms with E-state index >= 15 is 0 Å². The molecule has 1 fully saturated rings. The minimum atomic E-state index is -0.391. The highest BCUT2D eigenvalue weighted by atomic mass is 16.6. The Labute approximate surface area is 107 Å². The first kappa shape index (κ1) is 13.5. The number of nitrogens with two attached hydrogens (primary N) is 1. The predicted octanol–water partition coefficient (Wildman–Crippen LogP) is 1.90. The summed E-state index contributed by atoms with van der Waals surface area (Å²) in [5.41, 5.74) is -0.391. The number of hydrogen-bond donors (Lipinski definition) is 1. The van der Waals surface area contributed by atoms with Gasteiger partial charge in [0.1, 0.15) is 12.2 Å². The van der Waals surface area contributed by atoms with Crippen molar-refractivity contribution in [1.82, 2.24) is 10.1 Å². The van der Waals surface area contributed by atoms with Crippen LogP contribution in [0.15, 0.2) is 4.52 Å². The van der Waals surface area contributed by atoms with Crippen molar-refractivity contribution < 1.29 is 14.1 Å². The fraction of sp³-hybridized carbons (Fsp3) is 0.833. The molecule has 2 rings (SSSR count). The Bertz CT molecular complexity index is 372. The van der Waals surface area contributed by atoms with E-state index in [1.54, 1.807) is 0 Å². The molecular weight excluding hydrogens is 234 g/mol. The third kappa shape index (κ3) is 2.71. The van der Waals surface area contributed by atoms with E-state index in [-0.39, 0.29) is 6.61 Å². The van der Waals surface area contributed by atoms with E-state index in [1.807, 2.05) is 6.92 Å². The zero-order valence-electron chi connectivity index (χ0n) is 11.0. The average molecular weight is 255 g/mol. The van der Waals surface area contributed by atoms with Crippen molar-refractivity contribution in [1.29, 1.82) is 0 Å². The Morgan fingerprint density at radius 2 is 2.17 bits per heavy atom. The van der Waals surface area contributed by atoms with E-state index in [4.69, 9.17) is 15.2 Å². The van der Waals surface area contributed by atoms with Crippen LogP contribution < -0.4 is 5.90 Å². The molecule has 0 bridgehead atoms. The van der Waals surface area contributed by atoms with E-state index in [9.17, 15) is 0 Å². The molecule has 0 radical (unpaired) electrons. The molecule has 0 saturated heterocycles. The molecule has 0 aromatic carbocycles. The van der Waals surface area contributed by atoms with E-state index in [0.29, 0.717) is 18.3 Å². The van der Waals surface area contributed by atoms with E-state index in [0.717, 1.165) is 31.6 Å². The van der Waals surface area contributed by atoms with Crippen LogP contribution in [0, 0.1) is 5.92 Å². The maximum atomic E-state index is 5.94. The highest BCUT2D eigenvalue weighted by Gasteiger charge is 2.40. The van der Waals surface area contributed by atoms with E-state index < -0.39 is 5.60 Å². The molecule has 0 spiro atoms. The summed E-state index contributed by atoms with van der Waals surface area (Å²) in [6, 6.07) is 0. The summed E-state index contributed by atoms with van der Waals surface area (Å²) in [6.45, 7) is 5.03. The summed E-state index contributed by atoms with van der Waals surface area (Å²) in [5, 5.41) is 4.03. The maximum absolute atomic E-state index is 5.94. The normalized spacial score (nSPS) is 28.5. The monoisotopic (exact) mass is 255 g/mol. The molecule has 0 amide bonds. The molecule has 1 saturated carbocycles. The molecule has 1 aromatic rings. The summed E-state index contributed by atoms with van der Waals surface area (Å²) in [5.74, 6) is 6.75. The van der Waals surface area contributed by atoms with Gasteiger partial charge >= 0.3 is 0 Å². The van der Waals surface area contributed by atoms with Crippen LogP contribution in [0.5, 0.6) is 0 Å². The van der Waals surface area contributed by atoms with E-state index in [2.05, 4.69) is 21.9 Å². The maximum Gasteiger partial charge on any atom is 0.254 e. The van der Waals surface area contributed by atoms with Crippen LogP contribution >= 0.6 is 0 Å². The zero-order chi connectivity index (χ0) is 13.0. The Morgan fingerprint density at radius 3 is 2.78 bits per heavy atom. The molecule has 102 valence electrons. The number of nitrogens with zero attached hydrogens (tertiary/aromatic N) is 2. The van der Waals surface area contributed by atoms with Crippen molar-refractivity contribution in [2.75, 3.05) is 6.61 Å². The Morgan fingerprint density at radius 1 is 1.44 bits per heavy atom. The molecule has 6 heteroatoms. The molecule has 6 nitrogen and oxygen atoms in total. The van der Waals surface area contributed by atoms with Gasteiger partial charge in [-0.1, -0.05) is 12.1 Å².